The SMILES string of the molecule is CC1(C)c2ccccc2-c2cc3c(cc21)c1ccccc1n3-c1ccc(-c2nc(-c3ccccc3)nc(-c3cccc4sc5ccccc5c34)n2)cc1-c1nc(-c2ccccc2)nc(-c2ccccc2)n1.c1ccc(-c2nc(-c3ccccc3)nc(-c3cc(-c4nc(-c5ccccc5)nc(-c5cccc6c5sc5ccccc56)n4)ccc3-n3c4ccccc4c4cc5c(cc43)c3ccccc3n5-c3ccccc3)n2)cc1. The van der Waals surface area contributed by atoms with E-state index in [2.05, 4.69) is 325 Å². The van der Waals surface area contributed by atoms with Crippen molar-refractivity contribution >= 4 is 128 Å². The van der Waals surface area contributed by atoms with Crippen LogP contribution >= 0.6 is 22.7 Å². The summed E-state index contributed by atoms with van der Waals surface area (Å²) >= 11 is 3.54. The third kappa shape index (κ3) is 14.4. The van der Waals surface area contributed by atoms with E-state index in [1.165, 1.54) is 68.7 Å². The first-order valence-electron chi connectivity index (χ1n) is 48.8. The molecule has 1 aliphatic rings. The van der Waals surface area contributed by atoms with Crippen molar-refractivity contribution in [2.75, 3.05) is 0 Å². The zero-order chi connectivity index (χ0) is 96.6. The Morgan fingerprint density at radius 1 is 0.178 bits per heavy atom. The minimum absolute atomic E-state index is 0.160. The molecule has 0 unspecified atom stereocenters. The quantitative estimate of drug-likeness (QED) is 0.0953. The molecule has 0 amide bonds. The number of para-hydroxylation sites is 4. The van der Waals surface area contributed by atoms with Crippen LogP contribution in [0.5, 0.6) is 0 Å². The molecule has 17 heteroatoms. The van der Waals surface area contributed by atoms with Crippen LogP contribution in [0.2, 0.25) is 0 Å². The summed E-state index contributed by atoms with van der Waals surface area (Å²) in [5.74, 6) is 6.78. The van der Waals surface area contributed by atoms with Crippen LogP contribution in [0.3, 0.4) is 0 Å². The topological polar surface area (TPSA) is 169 Å². The lowest BCUT2D eigenvalue weighted by atomic mass is 9.82. The fourth-order valence-electron chi connectivity index (χ4n) is 21.5. The molecule has 0 saturated heterocycles. The molecule has 0 saturated carbocycles. The molecule has 684 valence electrons. The summed E-state index contributed by atoms with van der Waals surface area (Å²) in [6.07, 6.45) is 0. The Balaban J connectivity index is 0.000000142. The number of hydrogen-bond acceptors (Lipinski definition) is 14. The molecule has 15 nitrogen and oxygen atoms in total. The van der Waals surface area contributed by atoms with Gasteiger partial charge in [0.15, 0.2) is 69.9 Å². The number of aromatic nitrogens is 15. The lowest BCUT2D eigenvalue weighted by Gasteiger charge is -2.21. The van der Waals surface area contributed by atoms with Gasteiger partial charge in [0.05, 0.1) is 44.5 Å². The zero-order valence-electron chi connectivity index (χ0n) is 78.8. The van der Waals surface area contributed by atoms with Crippen molar-refractivity contribution in [1.82, 2.24) is 73.5 Å². The molecule has 0 fully saturated rings. The predicted octanol–water partition coefficient (Wildman–Crippen LogP) is 32.5. The fourth-order valence-corrected chi connectivity index (χ4v) is 23.8. The highest BCUT2D eigenvalue weighted by molar-refractivity contribution is 7.26. The maximum atomic E-state index is 5.39. The van der Waals surface area contributed by atoms with E-state index in [0.717, 1.165) is 143 Å². The van der Waals surface area contributed by atoms with Crippen molar-refractivity contribution in [3.8, 4) is 165 Å². The van der Waals surface area contributed by atoms with Gasteiger partial charge < -0.3 is 13.7 Å². The van der Waals surface area contributed by atoms with Crippen molar-refractivity contribution in [3.05, 3.63) is 466 Å². The van der Waals surface area contributed by atoms with Gasteiger partial charge in [-0.15, -0.1) is 22.7 Å². The first-order valence-corrected chi connectivity index (χ1v) is 50.4. The second-order valence-electron chi connectivity index (χ2n) is 37.3. The Labute approximate surface area is 845 Å². The number of fused-ring (bicyclic) bond motifs is 18. The van der Waals surface area contributed by atoms with Gasteiger partial charge in [0.1, 0.15) is 0 Å². The van der Waals surface area contributed by atoms with E-state index in [-0.39, 0.29) is 5.41 Å². The van der Waals surface area contributed by atoms with E-state index in [4.69, 9.17) is 59.8 Å². The molecule has 0 radical (unpaired) electrons. The summed E-state index contributed by atoms with van der Waals surface area (Å²) in [6, 6.07) is 159. The summed E-state index contributed by atoms with van der Waals surface area (Å²) in [4.78, 5) is 63.6. The minimum atomic E-state index is -0.160. The summed E-state index contributed by atoms with van der Waals surface area (Å²) in [5, 5.41) is 11.6. The highest BCUT2D eigenvalue weighted by Crippen LogP contribution is 2.53. The van der Waals surface area contributed by atoms with E-state index in [0.29, 0.717) is 69.9 Å². The minimum Gasteiger partial charge on any atom is -0.309 e. The molecular weight excluding hydrogens is 1820 g/mol. The van der Waals surface area contributed by atoms with Gasteiger partial charge in [-0.05, 0) is 138 Å². The number of nitrogens with zero attached hydrogens (tertiary/aromatic N) is 15. The normalized spacial score (nSPS) is 12.2. The van der Waals surface area contributed by atoms with Gasteiger partial charge in [-0.3, -0.25) is 0 Å². The molecular formula is C129H81N15S2. The van der Waals surface area contributed by atoms with E-state index in [1.807, 2.05) is 158 Å². The van der Waals surface area contributed by atoms with Gasteiger partial charge in [0.2, 0.25) is 0 Å². The summed E-state index contributed by atoms with van der Waals surface area (Å²) in [5.41, 5.74) is 24.9. The average molecular weight is 1910 g/mol. The fraction of sp³-hybridized carbons (Fsp3) is 0.0233. The van der Waals surface area contributed by atoms with Crippen LogP contribution in [0.25, 0.3) is 271 Å². The van der Waals surface area contributed by atoms with E-state index in [9.17, 15) is 0 Å². The Hall–Kier alpha value is -18.9. The van der Waals surface area contributed by atoms with Gasteiger partial charge in [0, 0.05) is 151 Å². The van der Waals surface area contributed by atoms with Crippen LogP contribution in [0.4, 0.5) is 0 Å². The highest BCUT2D eigenvalue weighted by Gasteiger charge is 2.37. The molecule has 0 bridgehead atoms. The van der Waals surface area contributed by atoms with Crippen LogP contribution in [0.15, 0.2) is 455 Å². The molecule has 1 aliphatic carbocycles. The van der Waals surface area contributed by atoms with Gasteiger partial charge in [-0.1, -0.05) is 354 Å². The second kappa shape index (κ2) is 34.8. The van der Waals surface area contributed by atoms with Gasteiger partial charge in [0.25, 0.3) is 0 Å². The number of rotatable bonds is 15. The van der Waals surface area contributed by atoms with Crippen molar-refractivity contribution in [1.29, 1.82) is 0 Å². The molecule has 0 N–H and O–H groups in total. The van der Waals surface area contributed by atoms with Crippen LogP contribution in [-0.4, -0.2) is 73.5 Å². The Morgan fingerprint density at radius 2 is 0.493 bits per heavy atom. The molecule has 19 aromatic carbocycles. The van der Waals surface area contributed by atoms with E-state index in [1.54, 1.807) is 22.7 Å². The largest absolute Gasteiger partial charge is 0.309 e. The molecule has 146 heavy (non-hydrogen) atoms. The Bertz CT molecular complexity index is 9990. The van der Waals surface area contributed by atoms with Crippen LogP contribution in [0, 0.1) is 0 Å². The number of hydrogen-bond donors (Lipinski definition) is 0. The molecule has 0 spiro atoms. The van der Waals surface area contributed by atoms with Crippen molar-refractivity contribution in [2.24, 2.45) is 0 Å². The molecule has 29 rings (SSSR count). The Kier molecular flexibility index (Phi) is 20.3. The smallest absolute Gasteiger partial charge is 0.166 e. The van der Waals surface area contributed by atoms with Gasteiger partial charge in [-0.2, -0.15) is 0 Å². The zero-order valence-corrected chi connectivity index (χ0v) is 80.5. The lowest BCUT2D eigenvalue weighted by Crippen LogP contribution is -2.14. The van der Waals surface area contributed by atoms with E-state index < -0.39 is 0 Å². The standard InChI is InChI=1S/C66H40N8S.C63H41N7S/c1-5-20-41(21-6-1)61-67-62(42-22-7-2-8-23-42)71-66(70-61)53-38-44(64-68-63(43-24-9-3-10-25-43)69-65(72-64)50-32-19-31-49-48-30-15-18-35-59(48)75-60(49)50)36-37-56(53)74-55-34-17-14-29-47(55)52-39-57-51(40-58(52)74)46-28-13-16-33-54(46)73(57)45-26-11-4-12-27-45;1-63(2)49-29-15-12-25-42(49)46-37-53-47(36-50(46)63)43-26-13-16-30-51(43)70(53)52-34-33-41(35-48(52)62-67-57(38-19-6-3-7-20-38)64-58(68-62)39-21-8-4-9-22-39)60-65-59(40-23-10-5-11-24-40)66-61(69-60)45-28-18-32-55-56(45)44-27-14-17-31-54(44)71-55/h1-40H;3-37H,1-2H3. The van der Waals surface area contributed by atoms with Crippen molar-refractivity contribution in [3.63, 3.8) is 0 Å². The molecule has 0 aliphatic heterocycles. The third-order valence-electron chi connectivity index (χ3n) is 28.4. The maximum absolute atomic E-state index is 5.39. The number of thiophene rings is 2. The summed E-state index contributed by atoms with van der Waals surface area (Å²) < 4.78 is 11.9. The average Bonchev–Trinajstić information content (AvgIpc) is 1.56. The first-order chi connectivity index (χ1) is 72.1. The van der Waals surface area contributed by atoms with Crippen molar-refractivity contribution in [2.45, 2.75) is 19.3 Å². The monoisotopic (exact) mass is 1900 g/mol. The molecule has 9 heterocycles. The molecule has 9 aromatic heterocycles. The van der Waals surface area contributed by atoms with Crippen molar-refractivity contribution < 1.29 is 0 Å². The predicted molar refractivity (Wildman–Crippen MR) is 598 cm³/mol. The highest BCUT2D eigenvalue weighted by atomic mass is 32.1. The summed E-state index contributed by atoms with van der Waals surface area (Å²) in [6.45, 7) is 4.68. The van der Waals surface area contributed by atoms with E-state index >= 15 is 0 Å². The third-order valence-corrected chi connectivity index (χ3v) is 30.7. The lowest BCUT2D eigenvalue weighted by molar-refractivity contribution is 0.661. The second-order valence-corrected chi connectivity index (χ2v) is 39.4. The molecule has 0 atom stereocenters. The van der Waals surface area contributed by atoms with Crippen LogP contribution in [-0.2, 0) is 5.41 Å². The number of benzene rings is 19. The van der Waals surface area contributed by atoms with Crippen LogP contribution < -0.4 is 0 Å². The van der Waals surface area contributed by atoms with Gasteiger partial charge >= 0.3 is 0 Å². The van der Waals surface area contributed by atoms with Crippen LogP contribution in [0.1, 0.15) is 25.0 Å². The van der Waals surface area contributed by atoms with Gasteiger partial charge in [-0.25, -0.2) is 59.8 Å². The molecule has 28 aromatic rings. The Morgan fingerprint density at radius 3 is 0.959 bits per heavy atom. The maximum Gasteiger partial charge on any atom is 0.166 e. The summed E-state index contributed by atoms with van der Waals surface area (Å²) in [7, 11) is 0. The first kappa shape index (κ1) is 85.1.